The van der Waals surface area contributed by atoms with Crippen molar-refractivity contribution in [3.8, 4) is 34.3 Å². The van der Waals surface area contributed by atoms with Crippen LogP contribution < -0.4 is 29.3 Å². The van der Waals surface area contributed by atoms with E-state index < -0.39 is 0 Å². The minimum Gasteiger partial charge on any atom is -0.486 e. The zero-order valence-corrected chi connectivity index (χ0v) is 92.5. The second-order valence-electron chi connectivity index (χ2n) is 40.6. The highest BCUT2D eigenvalue weighted by molar-refractivity contribution is 7.10. The Balaban J connectivity index is 0.000000162. The van der Waals surface area contributed by atoms with Crippen LogP contribution >= 0.6 is 22.7 Å². The van der Waals surface area contributed by atoms with Crippen LogP contribution in [0.25, 0.3) is 65.9 Å². The maximum atomic E-state index is 12.3. The summed E-state index contributed by atoms with van der Waals surface area (Å²) in [5, 5.41) is 16.5. The standard InChI is InChI=1S/C18H16O2.C12H17N.2C12H15N.C12H13N.C11H14N2.C11H14O2.C10H12O2.2C8H11N.2C7H10S/c1-12(2)14-8-9-17-15(10-14)16(19)11-18(20-17)13-6-4-3-5-7-13;2*1-9(2)11-5-4-10-6-7-13(3)12(10)8-11;1-9(2)10-5-4-6-12-11(10)7-8-13(12)3;1-9(2)10-5-3-7-12-11(10)6-4-8-13-12;1-8(2)9-4-5-10-7-12-13(3)11(10)6-9;1-8(2)9-3-4-10-11(7-9)13-6-5-12-10;1-7(2)8-3-4-9-10(5-8)12-6-11-9;1-7(2)8-4-3-5-9-6-8;1-7(2)8-5-3-4-6-9-8;1-6(2)7-3-4-8-5-7;1-6(2)7-4-3-5-8-7/h3-12H,1-2H3;4-5,8-9H,6-7H2,1-3H3;2*4-9H,1-3H3;3-9H,1-2H3;4-8H,1-3H3;3-4,7-8H,5-6H2,1-2H3;3-5,7H,6H2,1-2H3;2*3-7H,1-2H3;2*3-6H,1-2H3. The van der Waals surface area contributed by atoms with Crippen molar-refractivity contribution in [3.63, 3.8) is 0 Å². The number of nitrogens with zero attached hydrogens (tertiary/aromatic N) is 8. The van der Waals surface area contributed by atoms with Gasteiger partial charge in [-0.2, -0.15) is 16.4 Å². The maximum absolute atomic E-state index is 12.3. The molecule has 0 spiro atoms. The van der Waals surface area contributed by atoms with Crippen LogP contribution in [0.2, 0.25) is 0 Å². The molecule has 18 aromatic rings. The van der Waals surface area contributed by atoms with Crippen molar-refractivity contribution in [2.24, 2.45) is 21.1 Å². The van der Waals surface area contributed by atoms with Crippen molar-refractivity contribution in [1.82, 2.24) is 33.9 Å². The van der Waals surface area contributed by atoms with Crippen molar-refractivity contribution in [2.45, 2.75) is 244 Å². The molecule has 0 atom stereocenters. The molecule has 16 heteroatoms. The first-order valence-corrected chi connectivity index (χ1v) is 53.2. The molecule has 0 amide bonds. The van der Waals surface area contributed by atoms with Crippen LogP contribution in [0.3, 0.4) is 0 Å². The van der Waals surface area contributed by atoms with Crippen LogP contribution in [0.5, 0.6) is 23.0 Å². The molecule has 9 aromatic carbocycles. The Hall–Kier alpha value is -13.2. The van der Waals surface area contributed by atoms with Gasteiger partial charge in [0.25, 0.3) is 0 Å². The topological polar surface area (TPSA) is 137 Å². The molecule has 0 N–H and O–H groups in total. The number of likely N-dealkylation sites (N-methyl/N-ethyl adjacent to an activating group) is 1. The molecule has 0 saturated carbocycles. The number of aromatic nitrogens is 7. The van der Waals surface area contributed by atoms with Crippen molar-refractivity contribution < 1.29 is 23.4 Å². The fourth-order valence-electron chi connectivity index (χ4n) is 16.2. The Morgan fingerprint density at radius 2 is 0.896 bits per heavy atom. The zero-order chi connectivity index (χ0) is 104. The van der Waals surface area contributed by atoms with E-state index in [-0.39, 0.29) is 5.43 Å². The fraction of sp³-hybridized carbons (Fsp3) is 0.352. The van der Waals surface area contributed by atoms with Gasteiger partial charge in [-0.05, 0) is 275 Å². The average Bonchev–Trinajstić information content (AvgIpc) is 1.77. The highest BCUT2D eigenvalue weighted by Gasteiger charge is 2.20. The molecule has 0 aliphatic carbocycles. The molecule has 21 rings (SSSR count). The summed E-state index contributed by atoms with van der Waals surface area (Å²) in [5.74, 6) is 11.1. The van der Waals surface area contributed by atoms with Crippen LogP contribution in [0.1, 0.15) is 309 Å². The van der Waals surface area contributed by atoms with Gasteiger partial charge in [0.2, 0.25) is 6.79 Å². The van der Waals surface area contributed by atoms with E-state index in [2.05, 4.69) is 402 Å². The van der Waals surface area contributed by atoms with Gasteiger partial charge in [-0.15, -0.1) is 11.3 Å². The number of rotatable bonds is 13. The third-order valence-electron chi connectivity index (χ3n) is 25.5. The first-order valence-electron chi connectivity index (χ1n) is 51.4. The number of hydrogen-bond acceptors (Lipinski definition) is 13. The maximum Gasteiger partial charge on any atom is 0.231 e. The summed E-state index contributed by atoms with van der Waals surface area (Å²) in [5.41, 5.74) is 24.2. The van der Waals surface area contributed by atoms with Crippen molar-refractivity contribution in [2.75, 3.05) is 38.5 Å². The number of ether oxygens (including phenoxy) is 4. The lowest BCUT2D eigenvalue weighted by Gasteiger charge is -2.19. The minimum absolute atomic E-state index is 0.00704. The van der Waals surface area contributed by atoms with Gasteiger partial charge in [-0.25, -0.2) is 0 Å². The zero-order valence-electron chi connectivity index (χ0n) is 90.8. The first kappa shape index (κ1) is 113. The second kappa shape index (κ2) is 56.2. The quantitative estimate of drug-likeness (QED) is 0.109. The predicted molar refractivity (Wildman–Crippen MR) is 616 cm³/mol. The third kappa shape index (κ3) is 33.5. The van der Waals surface area contributed by atoms with Crippen LogP contribution in [0.4, 0.5) is 5.69 Å². The second-order valence-corrected chi connectivity index (χ2v) is 42.4. The highest BCUT2D eigenvalue weighted by atomic mass is 32.1. The van der Waals surface area contributed by atoms with Crippen molar-refractivity contribution in [1.29, 1.82) is 0 Å². The molecule has 758 valence electrons. The Bertz CT molecular complexity index is 6740. The number of aryl methyl sites for hydroxylation is 3. The molecule has 0 unspecified atom stereocenters. The first-order chi connectivity index (χ1) is 68.9. The van der Waals surface area contributed by atoms with Gasteiger partial charge in [0.05, 0.1) is 22.6 Å². The van der Waals surface area contributed by atoms with E-state index in [4.69, 9.17) is 23.4 Å². The van der Waals surface area contributed by atoms with E-state index in [1.807, 2.05) is 145 Å². The monoisotopic (exact) mass is 1970 g/mol. The molecule has 0 saturated heterocycles. The molecule has 12 heterocycles. The number of pyridine rings is 3. The average molecular weight is 1970 g/mol. The van der Waals surface area contributed by atoms with Gasteiger partial charge < -0.3 is 37.4 Å². The molecule has 9 aromatic heterocycles. The van der Waals surface area contributed by atoms with Crippen molar-refractivity contribution in [3.05, 3.63) is 396 Å². The van der Waals surface area contributed by atoms with E-state index in [9.17, 15) is 4.79 Å². The molecule has 14 nitrogen and oxygen atoms in total. The van der Waals surface area contributed by atoms with Gasteiger partial charge in [0.15, 0.2) is 28.4 Å². The third-order valence-corrected chi connectivity index (χ3v) is 27.4. The van der Waals surface area contributed by atoms with Crippen LogP contribution in [0.15, 0.2) is 324 Å². The van der Waals surface area contributed by atoms with E-state index in [0.717, 1.165) is 45.3 Å². The lowest BCUT2D eigenvalue weighted by Crippen LogP contribution is -2.15. The molecule has 3 aliphatic rings. The van der Waals surface area contributed by atoms with Crippen molar-refractivity contribution >= 4 is 82.9 Å². The summed E-state index contributed by atoms with van der Waals surface area (Å²) in [4.78, 5) is 28.6. The molecular weight excluding hydrogens is 1810 g/mol. The Labute approximate surface area is 868 Å². The number of hydrogen-bond donors (Lipinski definition) is 0. The summed E-state index contributed by atoms with van der Waals surface area (Å²) >= 11 is 3.60. The van der Waals surface area contributed by atoms with E-state index in [1.54, 1.807) is 23.6 Å². The van der Waals surface area contributed by atoms with Gasteiger partial charge in [0, 0.05) is 127 Å². The van der Waals surface area contributed by atoms with Gasteiger partial charge in [0.1, 0.15) is 24.6 Å². The normalized spacial score (nSPS) is 11.9. The van der Waals surface area contributed by atoms with Gasteiger partial charge >= 0.3 is 0 Å². The van der Waals surface area contributed by atoms with Crippen LogP contribution in [0, 0.1) is 0 Å². The Kier molecular flexibility index (Phi) is 44.0. The van der Waals surface area contributed by atoms with Crippen LogP contribution in [-0.2, 0) is 27.6 Å². The van der Waals surface area contributed by atoms with E-state index >= 15 is 0 Å². The van der Waals surface area contributed by atoms with Crippen LogP contribution in [-0.4, -0.2) is 67.5 Å². The molecule has 0 radical (unpaired) electrons. The summed E-state index contributed by atoms with van der Waals surface area (Å²) in [7, 11) is 8.33. The smallest absolute Gasteiger partial charge is 0.231 e. The molecule has 3 aliphatic heterocycles. The van der Waals surface area contributed by atoms with E-state index in [0.29, 0.717) is 108 Å². The molecule has 144 heavy (non-hydrogen) atoms. The number of fused-ring (bicyclic) bond motifs is 8. The number of benzene rings is 9. The summed E-state index contributed by atoms with van der Waals surface area (Å²) < 4.78 is 33.5. The number of anilines is 1. The number of thiophene rings is 2. The highest BCUT2D eigenvalue weighted by Crippen LogP contribution is 2.38. The summed E-state index contributed by atoms with van der Waals surface area (Å²) in [6.07, 6.45) is 14.7. The lowest BCUT2D eigenvalue weighted by atomic mass is 9.98. The molecular formula is C128H158N8O6S2. The Morgan fingerprint density at radius 1 is 0.354 bits per heavy atom. The Morgan fingerprint density at radius 3 is 1.46 bits per heavy atom. The predicted octanol–water partition coefficient (Wildman–Crippen LogP) is 35.3. The van der Waals surface area contributed by atoms with E-state index in [1.165, 1.54) is 117 Å². The van der Waals surface area contributed by atoms with Gasteiger partial charge in [-0.3, -0.25) is 24.4 Å². The summed E-state index contributed by atoms with van der Waals surface area (Å²) in [6, 6.07) is 87.3. The molecule has 0 fully saturated rings. The molecule has 0 bridgehead atoms. The fourth-order valence-corrected chi connectivity index (χ4v) is 17.7. The summed E-state index contributed by atoms with van der Waals surface area (Å²) in [6.45, 7) is 55.5. The largest absolute Gasteiger partial charge is 0.486 e. The minimum atomic E-state index is 0.00704. The lowest BCUT2D eigenvalue weighted by molar-refractivity contribution is 0.171. The SMILES string of the molecule is CC(C)c1ccc2c(c1)N(C)CC2.CC(C)c1ccc2c(c1)OCCO2.CC(C)c1ccc2c(c1)OCO2.CC(C)c1ccc2ccn(C)c2c1.CC(C)c1ccc2cnn(C)c2c1.CC(C)c1ccc2oc(-c3ccccc3)cc(=O)c2c1.CC(C)c1cccc2c1ccn2C.CC(C)c1cccc2ncccc12.CC(C)c1ccccn1.CC(C)c1cccnc1.CC(C)c1cccs1.CC(C)c1ccsc1. The van der Waals surface area contributed by atoms with Gasteiger partial charge in [-0.1, -0.05) is 300 Å².